The van der Waals surface area contributed by atoms with Gasteiger partial charge >= 0.3 is 6.03 Å². The molecule has 0 unspecified atom stereocenters. The van der Waals surface area contributed by atoms with Gasteiger partial charge in [0.05, 0.1) is 0 Å². The van der Waals surface area contributed by atoms with Crippen molar-refractivity contribution in [3.63, 3.8) is 0 Å². The molecule has 1 aliphatic heterocycles. The van der Waals surface area contributed by atoms with Crippen LogP contribution in [0.15, 0.2) is 48.5 Å². The topological polar surface area (TPSA) is 35.6 Å². The van der Waals surface area contributed by atoms with E-state index in [9.17, 15) is 13.6 Å². The monoisotopic (exact) mass is 401 g/mol. The number of carbonyl (C=O) groups is 1. The van der Waals surface area contributed by atoms with E-state index in [2.05, 4.69) is 17.1 Å². The summed E-state index contributed by atoms with van der Waals surface area (Å²) in [5.74, 6) is -1.42. The number of unbranched alkanes of at least 4 members (excludes halogenated alkanes) is 1. The normalized spacial score (nSPS) is 15.3. The Kier molecular flexibility index (Phi) is 7.58. The second kappa shape index (κ2) is 10.3. The number of urea groups is 1. The number of anilines is 1. The number of piperidine rings is 1. The molecule has 0 spiro atoms. The van der Waals surface area contributed by atoms with Crippen LogP contribution in [0.4, 0.5) is 19.3 Å². The molecule has 0 aliphatic carbocycles. The number of rotatable bonds is 7. The molecule has 1 heterocycles. The second-order valence-electron chi connectivity index (χ2n) is 7.63. The van der Waals surface area contributed by atoms with Crippen molar-refractivity contribution in [1.82, 2.24) is 9.80 Å². The van der Waals surface area contributed by atoms with Crippen LogP contribution in [0.1, 0.15) is 38.2 Å². The van der Waals surface area contributed by atoms with Gasteiger partial charge in [-0.25, -0.2) is 13.6 Å². The fourth-order valence-corrected chi connectivity index (χ4v) is 3.80. The van der Waals surface area contributed by atoms with E-state index in [0.29, 0.717) is 6.54 Å². The first-order valence-corrected chi connectivity index (χ1v) is 10.3. The third-order valence-corrected chi connectivity index (χ3v) is 5.40. The van der Waals surface area contributed by atoms with Crippen molar-refractivity contribution in [3.05, 3.63) is 65.7 Å². The fraction of sp³-hybridized carbons (Fsp3) is 0.435. The second-order valence-corrected chi connectivity index (χ2v) is 7.63. The highest BCUT2D eigenvalue weighted by Crippen LogP contribution is 2.22. The van der Waals surface area contributed by atoms with Gasteiger partial charge in [0.2, 0.25) is 0 Å². The Hall–Kier alpha value is -2.47. The predicted molar refractivity (Wildman–Crippen MR) is 112 cm³/mol. The lowest BCUT2D eigenvalue weighted by molar-refractivity contribution is 0.122. The molecule has 0 atom stereocenters. The molecule has 2 amide bonds. The molecule has 3 rings (SSSR count). The number of likely N-dealkylation sites (tertiary alicyclic amines) is 1. The first kappa shape index (κ1) is 21.2. The van der Waals surface area contributed by atoms with E-state index in [-0.39, 0.29) is 17.8 Å². The van der Waals surface area contributed by atoms with Gasteiger partial charge in [-0.1, -0.05) is 43.7 Å². The Morgan fingerprint density at radius 2 is 1.76 bits per heavy atom. The predicted octanol–water partition coefficient (Wildman–Crippen LogP) is 5.26. The van der Waals surface area contributed by atoms with Crippen LogP contribution in [0.3, 0.4) is 0 Å². The molecule has 2 aromatic carbocycles. The molecule has 1 N–H and O–H groups in total. The Labute approximate surface area is 171 Å². The molecule has 156 valence electrons. The van der Waals surface area contributed by atoms with E-state index in [4.69, 9.17) is 0 Å². The molecule has 0 saturated carbocycles. The van der Waals surface area contributed by atoms with Gasteiger partial charge in [0.25, 0.3) is 0 Å². The smallest absolute Gasteiger partial charge is 0.317 e. The van der Waals surface area contributed by atoms with Gasteiger partial charge in [-0.15, -0.1) is 0 Å². The number of nitrogens with zero attached hydrogens (tertiary/aromatic N) is 2. The highest BCUT2D eigenvalue weighted by atomic mass is 19.1. The van der Waals surface area contributed by atoms with E-state index >= 15 is 0 Å². The number of carbonyl (C=O) groups excluding carboxylic acids is 1. The van der Waals surface area contributed by atoms with E-state index in [1.165, 1.54) is 12.8 Å². The van der Waals surface area contributed by atoms with Gasteiger partial charge < -0.3 is 15.1 Å². The lowest BCUT2D eigenvalue weighted by Gasteiger charge is -2.38. The molecular weight excluding hydrogens is 372 g/mol. The maximum absolute atomic E-state index is 13.5. The summed E-state index contributed by atoms with van der Waals surface area (Å²) in [5, 5.41) is 2.68. The Balaban J connectivity index is 1.71. The lowest BCUT2D eigenvalue weighted by Crippen LogP contribution is -2.48. The van der Waals surface area contributed by atoms with Gasteiger partial charge in [-0.3, -0.25) is 0 Å². The summed E-state index contributed by atoms with van der Waals surface area (Å²) >= 11 is 0. The molecule has 0 radical (unpaired) electrons. The minimum absolute atomic E-state index is 0.0893. The summed E-state index contributed by atoms with van der Waals surface area (Å²) in [6.07, 6.45) is 4.14. The minimum atomic E-state index is -0.709. The van der Waals surface area contributed by atoms with Gasteiger partial charge in [-0.2, -0.15) is 0 Å². The SMILES string of the molecule is CCCCN1CCC(N(Cc2ccccc2)C(=O)Nc2cc(F)cc(F)c2)CC1. The van der Waals surface area contributed by atoms with Crippen molar-refractivity contribution in [3.8, 4) is 0 Å². The van der Waals surface area contributed by atoms with Crippen LogP contribution in [0, 0.1) is 11.6 Å². The first-order chi connectivity index (χ1) is 14.0. The number of amides is 2. The highest BCUT2D eigenvalue weighted by Gasteiger charge is 2.28. The molecular formula is C23H29F2N3O. The zero-order chi connectivity index (χ0) is 20.6. The molecule has 2 aromatic rings. The van der Waals surface area contributed by atoms with Gasteiger partial charge in [0, 0.05) is 37.4 Å². The van der Waals surface area contributed by atoms with Crippen LogP contribution in [0.25, 0.3) is 0 Å². The number of benzene rings is 2. The Morgan fingerprint density at radius 3 is 2.38 bits per heavy atom. The number of hydrogen-bond acceptors (Lipinski definition) is 2. The first-order valence-electron chi connectivity index (χ1n) is 10.3. The van der Waals surface area contributed by atoms with Gasteiger partial charge in [0.15, 0.2) is 0 Å². The summed E-state index contributed by atoms with van der Waals surface area (Å²) in [7, 11) is 0. The average molecular weight is 402 g/mol. The van der Waals surface area contributed by atoms with Crippen LogP contribution in [0.2, 0.25) is 0 Å². The Bertz CT molecular complexity index is 772. The maximum atomic E-state index is 13.5. The summed E-state index contributed by atoms with van der Waals surface area (Å²) in [4.78, 5) is 17.3. The van der Waals surface area contributed by atoms with E-state index in [1.807, 2.05) is 30.3 Å². The summed E-state index contributed by atoms with van der Waals surface area (Å²) in [6, 6.07) is 12.6. The van der Waals surface area contributed by atoms with Crippen LogP contribution < -0.4 is 5.32 Å². The van der Waals surface area contributed by atoms with Crippen LogP contribution in [-0.4, -0.2) is 41.5 Å². The van der Waals surface area contributed by atoms with Crippen LogP contribution >= 0.6 is 0 Å². The van der Waals surface area contributed by atoms with Gasteiger partial charge in [-0.05, 0) is 43.5 Å². The zero-order valence-corrected chi connectivity index (χ0v) is 16.9. The highest BCUT2D eigenvalue weighted by molar-refractivity contribution is 5.89. The van der Waals surface area contributed by atoms with Crippen molar-refractivity contribution >= 4 is 11.7 Å². The largest absolute Gasteiger partial charge is 0.322 e. The van der Waals surface area contributed by atoms with Gasteiger partial charge in [0.1, 0.15) is 11.6 Å². The summed E-state index contributed by atoms with van der Waals surface area (Å²) < 4.78 is 27.0. The summed E-state index contributed by atoms with van der Waals surface area (Å²) in [6.45, 7) is 5.66. The number of halogens is 2. The van der Waals surface area contributed by atoms with Crippen molar-refractivity contribution in [1.29, 1.82) is 0 Å². The van der Waals surface area contributed by atoms with Crippen molar-refractivity contribution in [2.24, 2.45) is 0 Å². The third-order valence-electron chi connectivity index (χ3n) is 5.40. The van der Waals surface area contributed by atoms with Crippen LogP contribution in [-0.2, 0) is 6.54 Å². The lowest BCUT2D eigenvalue weighted by atomic mass is 10.0. The fourth-order valence-electron chi connectivity index (χ4n) is 3.80. The maximum Gasteiger partial charge on any atom is 0.322 e. The molecule has 6 heteroatoms. The molecule has 4 nitrogen and oxygen atoms in total. The van der Waals surface area contributed by atoms with E-state index in [1.54, 1.807) is 4.90 Å². The molecule has 1 aliphatic rings. The van der Waals surface area contributed by atoms with Crippen molar-refractivity contribution < 1.29 is 13.6 Å². The van der Waals surface area contributed by atoms with Crippen molar-refractivity contribution in [2.45, 2.75) is 45.2 Å². The van der Waals surface area contributed by atoms with Crippen molar-refractivity contribution in [2.75, 3.05) is 25.0 Å². The molecule has 0 bridgehead atoms. The quantitative estimate of drug-likeness (QED) is 0.687. The molecule has 29 heavy (non-hydrogen) atoms. The summed E-state index contributed by atoms with van der Waals surface area (Å²) in [5.41, 5.74) is 1.16. The van der Waals surface area contributed by atoms with E-state index < -0.39 is 11.6 Å². The minimum Gasteiger partial charge on any atom is -0.317 e. The number of hydrogen-bond donors (Lipinski definition) is 1. The third kappa shape index (κ3) is 6.26. The zero-order valence-electron chi connectivity index (χ0n) is 16.9. The standard InChI is InChI=1S/C23H29F2N3O/c1-2-3-11-27-12-9-22(10-13-27)28(17-18-7-5-4-6-8-18)23(29)26-21-15-19(24)14-20(25)16-21/h4-8,14-16,22H,2-3,9-13,17H2,1H3,(H,26,29). The molecule has 0 aromatic heterocycles. The molecule has 1 fully saturated rings. The average Bonchev–Trinajstić information content (AvgIpc) is 2.71. The number of nitrogens with one attached hydrogen (secondary N) is 1. The van der Waals surface area contributed by atoms with E-state index in [0.717, 1.165) is 56.2 Å². The molecule has 1 saturated heterocycles. The van der Waals surface area contributed by atoms with Crippen LogP contribution in [0.5, 0.6) is 0 Å². The Morgan fingerprint density at radius 1 is 1.10 bits per heavy atom.